The molecule has 1 aromatic rings. The molecule has 0 saturated heterocycles. The van der Waals surface area contributed by atoms with Gasteiger partial charge in [-0.1, -0.05) is 22.0 Å². The van der Waals surface area contributed by atoms with Gasteiger partial charge < -0.3 is 15.4 Å². The predicted octanol–water partition coefficient (Wildman–Crippen LogP) is 3.28. The van der Waals surface area contributed by atoms with Crippen LogP contribution >= 0.6 is 15.9 Å². The first kappa shape index (κ1) is 16.3. The average Bonchev–Trinajstić information content (AvgIpc) is 2.32. The Hall–Kier alpha value is -1.74. The first-order chi connectivity index (χ1) is 9.30. The summed E-state index contributed by atoms with van der Waals surface area (Å²) in [5, 5.41) is 14.7. The Morgan fingerprint density at radius 1 is 1.50 bits per heavy atom. The number of nitrogens with one attached hydrogen (secondary N) is 2. The van der Waals surface area contributed by atoms with Gasteiger partial charge >= 0.3 is 6.09 Å². The molecule has 0 aliphatic rings. The Morgan fingerprint density at radius 3 is 2.75 bits per heavy atom. The molecule has 5 nitrogen and oxygen atoms in total. The summed E-state index contributed by atoms with van der Waals surface area (Å²) in [5.41, 5.74) is 0.251. The number of carbonyl (C=O) groups excluding carboxylic acids is 1. The van der Waals surface area contributed by atoms with Crippen molar-refractivity contribution in [1.29, 1.82) is 5.26 Å². The van der Waals surface area contributed by atoms with Crippen LogP contribution in [0.15, 0.2) is 28.7 Å². The molecule has 1 unspecified atom stereocenters. The highest BCUT2D eigenvalue weighted by Gasteiger charge is 2.17. The molecule has 1 rings (SSSR count). The number of hydrogen-bond acceptors (Lipinski definition) is 4. The number of halogens is 1. The van der Waals surface area contributed by atoms with Gasteiger partial charge in [0.1, 0.15) is 11.6 Å². The van der Waals surface area contributed by atoms with E-state index in [0.717, 1.165) is 10.2 Å². The van der Waals surface area contributed by atoms with Gasteiger partial charge in [-0.05, 0) is 39.0 Å². The minimum absolute atomic E-state index is 0.165. The van der Waals surface area contributed by atoms with Crippen LogP contribution in [0.25, 0.3) is 0 Å². The van der Waals surface area contributed by atoms with E-state index in [0.29, 0.717) is 0 Å². The Bertz CT molecular complexity index is 506. The molecule has 0 saturated carbocycles. The molecule has 1 aromatic carbocycles. The van der Waals surface area contributed by atoms with Crippen LogP contribution in [0.4, 0.5) is 10.5 Å². The molecule has 0 fully saturated rings. The van der Waals surface area contributed by atoms with Crippen LogP contribution in [0.2, 0.25) is 0 Å². The maximum absolute atomic E-state index is 11.5. The predicted molar refractivity (Wildman–Crippen MR) is 81.4 cm³/mol. The molecule has 0 spiro atoms. The van der Waals surface area contributed by atoms with Crippen LogP contribution in [0.1, 0.15) is 20.8 Å². The summed E-state index contributed by atoms with van der Waals surface area (Å²) in [7, 11) is 0. The second-order valence-corrected chi connectivity index (χ2v) is 6.13. The van der Waals surface area contributed by atoms with Crippen LogP contribution in [0.5, 0.6) is 0 Å². The normalized spacial score (nSPS) is 12.2. The smallest absolute Gasteiger partial charge is 0.407 e. The lowest BCUT2D eigenvalue weighted by atomic mass is 10.2. The topological polar surface area (TPSA) is 74.1 Å². The minimum Gasteiger partial charge on any atom is -0.444 e. The molecular formula is C14H18BrN3O2. The summed E-state index contributed by atoms with van der Waals surface area (Å²) < 4.78 is 6.02. The van der Waals surface area contributed by atoms with Gasteiger partial charge in [-0.3, -0.25) is 0 Å². The first-order valence-corrected chi connectivity index (χ1v) is 6.98. The molecule has 108 valence electrons. The molecule has 6 heteroatoms. The fraction of sp³-hybridized carbons (Fsp3) is 0.429. The highest BCUT2D eigenvalue weighted by atomic mass is 79.9. The zero-order chi connectivity index (χ0) is 15.2. The van der Waals surface area contributed by atoms with E-state index in [2.05, 4.69) is 32.6 Å². The Labute approximate surface area is 127 Å². The fourth-order valence-electron chi connectivity index (χ4n) is 1.41. The van der Waals surface area contributed by atoms with Crippen molar-refractivity contribution in [2.45, 2.75) is 32.4 Å². The molecule has 0 aliphatic heterocycles. The number of hydrogen-bond donors (Lipinski definition) is 2. The van der Waals surface area contributed by atoms with Gasteiger partial charge in [0.15, 0.2) is 0 Å². The summed E-state index contributed by atoms with van der Waals surface area (Å²) in [4.78, 5) is 11.5. The lowest BCUT2D eigenvalue weighted by molar-refractivity contribution is 0.0527. The third kappa shape index (κ3) is 6.43. The maximum atomic E-state index is 11.5. The summed E-state index contributed by atoms with van der Waals surface area (Å²) >= 11 is 3.36. The van der Waals surface area contributed by atoms with Gasteiger partial charge in [-0.15, -0.1) is 0 Å². The van der Waals surface area contributed by atoms with Gasteiger partial charge in [0.2, 0.25) is 0 Å². The summed E-state index contributed by atoms with van der Waals surface area (Å²) in [5.74, 6) is 0. The molecule has 0 bridgehead atoms. The summed E-state index contributed by atoms with van der Waals surface area (Å²) in [6.45, 7) is 5.52. The van der Waals surface area contributed by atoms with Crippen LogP contribution in [0, 0.1) is 11.3 Å². The minimum atomic E-state index is -0.552. The van der Waals surface area contributed by atoms with E-state index in [9.17, 15) is 4.79 Å². The SMILES string of the molecule is CC(C)(C)OC(=O)NCC(C#N)Nc1cccc(Br)c1. The largest absolute Gasteiger partial charge is 0.444 e. The van der Waals surface area contributed by atoms with Crippen molar-refractivity contribution in [3.05, 3.63) is 28.7 Å². The van der Waals surface area contributed by atoms with Gasteiger partial charge in [0.05, 0.1) is 12.6 Å². The molecule has 20 heavy (non-hydrogen) atoms. The molecule has 0 aromatic heterocycles. The third-order valence-corrected chi connectivity index (χ3v) is 2.66. The summed E-state index contributed by atoms with van der Waals surface area (Å²) in [6.07, 6.45) is -0.534. The molecular weight excluding hydrogens is 322 g/mol. The van der Waals surface area contributed by atoms with Crippen molar-refractivity contribution in [1.82, 2.24) is 5.32 Å². The number of nitriles is 1. The van der Waals surface area contributed by atoms with Crippen molar-refractivity contribution < 1.29 is 9.53 Å². The van der Waals surface area contributed by atoms with Crippen molar-refractivity contribution in [3.63, 3.8) is 0 Å². The monoisotopic (exact) mass is 339 g/mol. The van der Waals surface area contributed by atoms with E-state index in [1.54, 1.807) is 20.8 Å². The standard InChI is InChI=1S/C14H18BrN3O2/c1-14(2,3)20-13(19)17-9-12(8-16)18-11-6-4-5-10(15)7-11/h4-7,12,18H,9H2,1-3H3,(H,17,19). The van der Waals surface area contributed by atoms with E-state index in [1.165, 1.54) is 0 Å². The molecule has 0 radical (unpaired) electrons. The van der Waals surface area contributed by atoms with Crippen molar-refractivity contribution >= 4 is 27.7 Å². The van der Waals surface area contributed by atoms with E-state index >= 15 is 0 Å². The Balaban J connectivity index is 2.49. The second kappa shape index (κ2) is 7.15. The van der Waals surface area contributed by atoms with Gasteiger partial charge in [0.25, 0.3) is 0 Å². The number of rotatable bonds is 4. The van der Waals surface area contributed by atoms with Gasteiger partial charge in [0, 0.05) is 10.2 Å². The number of benzene rings is 1. The first-order valence-electron chi connectivity index (χ1n) is 6.19. The number of amides is 1. The van der Waals surface area contributed by atoms with Crippen molar-refractivity contribution in [2.24, 2.45) is 0 Å². The molecule has 1 atom stereocenters. The number of ether oxygens (including phenoxy) is 1. The zero-order valence-corrected chi connectivity index (χ0v) is 13.3. The molecule has 1 amide bonds. The Morgan fingerprint density at radius 2 is 2.20 bits per heavy atom. The van der Waals surface area contributed by atoms with Crippen LogP contribution in [0.3, 0.4) is 0 Å². The van der Waals surface area contributed by atoms with Gasteiger partial charge in [-0.25, -0.2) is 4.79 Å². The molecule has 0 heterocycles. The van der Waals surface area contributed by atoms with E-state index in [1.807, 2.05) is 24.3 Å². The van der Waals surface area contributed by atoms with Gasteiger partial charge in [-0.2, -0.15) is 5.26 Å². The van der Waals surface area contributed by atoms with E-state index in [4.69, 9.17) is 10.00 Å². The molecule has 0 aliphatic carbocycles. The zero-order valence-electron chi connectivity index (χ0n) is 11.7. The van der Waals surface area contributed by atoms with Crippen LogP contribution in [-0.2, 0) is 4.74 Å². The quantitative estimate of drug-likeness (QED) is 0.882. The van der Waals surface area contributed by atoms with Crippen molar-refractivity contribution in [3.8, 4) is 6.07 Å². The number of nitrogens with zero attached hydrogens (tertiary/aromatic N) is 1. The Kier molecular flexibility index (Phi) is 5.83. The van der Waals surface area contributed by atoms with Crippen molar-refractivity contribution in [2.75, 3.05) is 11.9 Å². The maximum Gasteiger partial charge on any atom is 0.407 e. The van der Waals surface area contributed by atoms with E-state index < -0.39 is 17.7 Å². The summed E-state index contributed by atoms with van der Waals surface area (Å²) in [6, 6.07) is 9.03. The van der Waals surface area contributed by atoms with Crippen LogP contribution < -0.4 is 10.6 Å². The molecule has 2 N–H and O–H groups in total. The average molecular weight is 340 g/mol. The fourth-order valence-corrected chi connectivity index (χ4v) is 1.81. The van der Waals surface area contributed by atoms with E-state index in [-0.39, 0.29) is 6.54 Å². The third-order valence-electron chi connectivity index (χ3n) is 2.17. The second-order valence-electron chi connectivity index (χ2n) is 5.22. The van der Waals surface area contributed by atoms with Crippen LogP contribution in [-0.4, -0.2) is 24.3 Å². The number of anilines is 1. The number of alkyl carbamates (subject to hydrolysis) is 1. The lowest BCUT2D eigenvalue weighted by Gasteiger charge is -2.20. The highest BCUT2D eigenvalue weighted by molar-refractivity contribution is 9.10. The number of carbonyl (C=O) groups is 1. The lowest BCUT2D eigenvalue weighted by Crippen LogP contribution is -2.39. The highest BCUT2D eigenvalue weighted by Crippen LogP contribution is 2.16.